The van der Waals surface area contributed by atoms with Crippen LogP contribution in [-0.4, -0.2) is 4.57 Å². The minimum Gasteiger partial charge on any atom is -0.237 e. The van der Waals surface area contributed by atoms with E-state index in [9.17, 15) is 0 Å². The first-order valence-corrected chi connectivity index (χ1v) is 16.8. The molecular formula is C34H67N2+. The van der Waals surface area contributed by atoms with Crippen LogP contribution in [0.2, 0.25) is 0 Å². The van der Waals surface area contributed by atoms with Gasteiger partial charge in [-0.15, -0.1) is 0 Å². The van der Waals surface area contributed by atoms with Crippen molar-refractivity contribution in [1.82, 2.24) is 4.57 Å². The molecule has 2 heteroatoms. The van der Waals surface area contributed by atoms with Gasteiger partial charge in [0.05, 0.1) is 13.1 Å². The third-order valence-corrected chi connectivity index (χ3v) is 7.96. The van der Waals surface area contributed by atoms with Crippen molar-refractivity contribution in [2.24, 2.45) is 5.92 Å². The van der Waals surface area contributed by atoms with Gasteiger partial charge in [-0.1, -0.05) is 156 Å². The Balaban J connectivity index is 1.82. The summed E-state index contributed by atoms with van der Waals surface area (Å²) >= 11 is 0. The van der Waals surface area contributed by atoms with Crippen molar-refractivity contribution < 1.29 is 4.57 Å². The van der Waals surface area contributed by atoms with E-state index in [1.165, 1.54) is 174 Å². The van der Waals surface area contributed by atoms with Crippen LogP contribution in [0.5, 0.6) is 0 Å². The topological polar surface area (TPSA) is 8.81 Å². The Morgan fingerprint density at radius 3 is 1.42 bits per heavy atom. The molecule has 36 heavy (non-hydrogen) atoms. The Kier molecular flexibility index (Phi) is 23.9. The molecule has 1 rings (SSSR count). The zero-order chi connectivity index (χ0) is 25.9. The molecule has 0 atom stereocenters. The van der Waals surface area contributed by atoms with Crippen molar-refractivity contribution in [2.45, 2.75) is 194 Å². The molecule has 1 aromatic rings. The Morgan fingerprint density at radius 1 is 0.528 bits per heavy atom. The summed E-state index contributed by atoms with van der Waals surface area (Å²) in [5, 5.41) is 0. The van der Waals surface area contributed by atoms with Crippen LogP contribution in [-0.2, 0) is 13.1 Å². The van der Waals surface area contributed by atoms with Gasteiger partial charge in [-0.2, -0.15) is 0 Å². The lowest BCUT2D eigenvalue weighted by Gasteiger charge is -2.04. The minimum atomic E-state index is 0.883. The van der Waals surface area contributed by atoms with E-state index < -0.39 is 0 Å². The monoisotopic (exact) mass is 504 g/mol. The fourth-order valence-corrected chi connectivity index (χ4v) is 5.45. The summed E-state index contributed by atoms with van der Waals surface area (Å²) < 4.78 is 4.81. The molecule has 0 bridgehead atoms. The summed E-state index contributed by atoms with van der Waals surface area (Å²) in [6.07, 6.45) is 42.8. The third kappa shape index (κ3) is 22.4. The van der Waals surface area contributed by atoms with E-state index in [4.69, 9.17) is 0 Å². The van der Waals surface area contributed by atoms with E-state index in [1.807, 2.05) is 0 Å². The Hall–Kier alpha value is -0.790. The third-order valence-electron chi connectivity index (χ3n) is 7.96. The van der Waals surface area contributed by atoms with Gasteiger partial charge in [-0.25, -0.2) is 9.13 Å². The number of aromatic nitrogens is 2. The van der Waals surface area contributed by atoms with E-state index in [0.717, 1.165) is 5.92 Å². The van der Waals surface area contributed by atoms with Crippen molar-refractivity contribution in [3.8, 4) is 0 Å². The van der Waals surface area contributed by atoms with Gasteiger partial charge in [0, 0.05) is 0 Å². The number of hydrogen-bond acceptors (Lipinski definition) is 0. The Bertz CT molecular complexity index is 547. The van der Waals surface area contributed by atoms with Crippen molar-refractivity contribution in [3.05, 3.63) is 18.7 Å². The summed E-state index contributed by atoms with van der Waals surface area (Å²) in [6.45, 7) is 9.38. The van der Waals surface area contributed by atoms with E-state index in [0.29, 0.717) is 0 Å². The molecule has 0 radical (unpaired) electrons. The molecule has 0 fully saturated rings. The largest absolute Gasteiger partial charge is 0.243 e. The fourth-order valence-electron chi connectivity index (χ4n) is 5.45. The second-order valence-electron chi connectivity index (χ2n) is 12.2. The lowest BCUT2D eigenvalue weighted by Crippen LogP contribution is -2.30. The summed E-state index contributed by atoms with van der Waals surface area (Å²) in [4.78, 5) is 0. The highest BCUT2D eigenvalue weighted by Crippen LogP contribution is 2.14. The van der Waals surface area contributed by atoms with E-state index in [2.05, 4.69) is 48.6 Å². The Labute approximate surface area is 228 Å². The van der Waals surface area contributed by atoms with Crippen LogP contribution in [0.25, 0.3) is 0 Å². The van der Waals surface area contributed by atoms with Gasteiger partial charge >= 0.3 is 0 Å². The molecule has 0 amide bonds. The summed E-state index contributed by atoms with van der Waals surface area (Å²) in [5.74, 6) is 0.883. The number of nitrogens with zero attached hydrogens (tertiary/aromatic N) is 2. The van der Waals surface area contributed by atoms with Crippen LogP contribution < -0.4 is 4.57 Å². The molecule has 2 nitrogen and oxygen atoms in total. The van der Waals surface area contributed by atoms with Crippen LogP contribution in [0.4, 0.5) is 0 Å². The molecule has 0 aliphatic rings. The first-order chi connectivity index (χ1) is 17.7. The average Bonchev–Trinajstić information content (AvgIpc) is 3.32. The lowest BCUT2D eigenvalue weighted by atomic mass is 10.0. The van der Waals surface area contributed by atoms with E-state index in [-0.39, 0.29) is 0 Å². The highest BCUT2D eigenvalue weighted by Gasteiger charge is 2.04. The van der Waals surface area contributed by atoms with Crippen LogP contribution in [0.3, 0.4) is 0 Å². The molecule has 212 valence electrons. The molecule has 1 aromatic heterocycles. The molecule has 0 saturated heterocycles. The summed E-state index contributed by atoms with van der Waals surface area (Å²) in [5.41, 5.74) is 0. The standard InChI is InChI=1S/C34H67N2/c1-4-5-6-7-8-9-10-11-12-13-14-17-20-23-26-29-35-31-32-36(33-35)30-27-24-21-18-15-16-19-22-25-28-34(2)3/h31-34H,4-30H2,1-3H3/q+1. The molecule has 0 saturated carbocycles. The molecule has 1 heterocycles. The molecule has 0 unspecified atom stereocenters. The van der Waals surface area contributed by atoms with Crippen molar-refractivity contribution >= 4 is 0 Å². The van der Waals surface area contributed by atoms with Gasteiger partial charge in [0.2, 0.25) is 6.33 Å². The number of rotatable bonds is 28. The van der Waals surface area contributed by atoms with E-state index in [1.54, 1.807) is 0 Å². The first kappa shape index (κ1) is 33.2. The zero-order valence-corrected chi connectivity index (χ0v) is 25.3. The van der Waals surface area contributed by atoms with Crippen molar-refractivity contribution in [2.75, 3.05) is 0 Å². The predicted molar refractivity (Wildman–Crippen MR) is 161 cm³/mol. The number of imidazole rings is 1. The fraction of sp³-hybridized carbons (Fsp3) is 0.912. The molecule has 0 aliphatic heterocycles. The summed E-state index contributed by atoms with van der Waals surface area (Å²) in [6, 6.07) is 0. The maximum atomic E-state index is 2.40. The van der Waals surface area contributed by atoms with E-state index >= 15 is 0 Å². The number of unbranched alkanes of at least 4 members (excludes halogenated alkanes) is 22. The molecule has 0 spiro atoms. The van der Waals surface area contributed by atoms with Gasteiger partial charge in [-0.05, 0) is 31.6 Å². The quantitative estimate of drug-likeness (QED) is 0.0794. The van der Waals surface area contributed by atoms with Crippen molar-refractivity contribution in [1.29, 1.82) is 0 Å². The predicted octanol–water partition coefficient (Wildman–Crippen LogP) is 11.2. The Morgan fingerprint density at radius 2 is 0.944 bits per heavy atom. The number of aryl methyl sites for hydroxylation is 2. The van der Waals surface area contributed by atoms with Gasteiger partial charge in [-0.3, -0.25) is 0 Å². The lowest BCUT2D eigenvalue weighted by molar-refractivity contribution is -0.696. The average molecular weight is 504 g/mol. The summed E-state index contributed by atoms with van der Waals surface area (Å²) in [7, 11) is 0. The first-order valence-electron chi connectivity index (χ1n) is 16.8. The normalized spacial score (nSPS) is 11.7. The van der Waals surface area contributed by atoms with Gasteiger partial charge in [0.15, 0.2) is 0 Å². The maximum Gasteiger partial charge on any atom is 0.243 e. The maximum absolute atomic E-state index is 2.40. The van der Waals surface area contributed by atoms with Crippen molar-refractivity contribution in [3.63, 3.8) is 0 Å². The van der Waals surface area contributed by atoms with Crippen LogP contribution in [0.15, 0.2) is 18.7 Å². The molecule has 0 aromatic carbocycles. The van der Waals surface area contributed by atoms with Crippen LogP contribution >= 0.6 is 0 Å². The number of hydrogen-bond donors (Lipinski definition) is 0. The van der Waals surface area contributed by atoms with Gasteiger partial charge in [0.25, 0.3) is 0 Å². The van der Waals surface area contributed by atoms with Crippen LogP contribution in [0.1, 0.15) is 181 Å². The SMILES string of the molecule is CCCCCCCCCCCCCCCCCn1cc[n+](CCCCCCCCCCCC(C)C)c1. The second-order valence-corrected chi connectivity index (χ2v) is 12.2. The van der Waals surface area contributed by atoms with Gasteiger partial charge < -0.3 is 0 Å². The minimum absolute atomic E-state index is 0.883. The second kappa shape index (κ2) is 25.8. The molecule has 0 aliphatic carbocycles. The highest BCUT2D eigenvalue weighted by atomic mass is 15.1. The zero-order valence-electron chi connectivity index (χ0n) is 25.3. The van der Waals surface area contributed by atoms with Gasteiger partial charge in [0.1, 0.15) is 12.4 Å². The highest BCUT2D eigenvalue weighted by molar-refractivity contribution is 4.66. The molecular weight excluding hydrogens is 436 g/mol. The van der Waals surface area contributed by atoms with Crippen LogP contribution in [0, 0.1) is 5.92 Å². The smallest absolute Gasteiger partial charge is 0.237 e. The molecule has 0 N–H and O–H groups in total.